The Bertz CT molecular complexity index is 534. The summed E-state index contributed by atoms with van der Waals surface area (Å²) >= 11 is 0. The van der Waals surface area contributed by atoms with Gasteiger partial charge in [-0.1, -0.05) is 37.3 Å². The molecule has 0 spiro atoms. The molecule has 0 aliphatic carbocycles. The molecule has 1 aromatic carbocycles. The number of benzene rings is 1. The van der Waals surface area contributed by atoms with E-state index in [0.29, 0.717) is 13.0 Å². The lowest BCUT2D eigenvalue weighted by molar-refractivity contribution is -0.125. The van der Waals surface area contributed by atoms with E-state index in [4.69, 9.17) is 5.73 Å². The number of hydrogen-bond acceptors (Lipinski definition) is 3. The summed E-state index contributed by atoms with van der Waals surface area (Å²) in [5.41, 5.74) is 7.10. The van der Waals surface area contributed by atoms with Crippen LogP contribution >= 0.6 is 24.8 Å². The Labute approximate surface area is 142 Å². The Morgan fingerprint density at radius 2 is 2.00 bits per heavy atom. The normalized spacial score (nSPS) is 12.5. The Kier molecular flexibility index (Phi) is 9.49. The van der Waals surface area contributed by atoms with Crippen molar-refractivity contribution in [2.45, 2.75) is 19.4 Å². The molecule has 4 N–H and O–H groups in total. The Balaban J connectivity index is 0.00000220. The molecule has 122 valence electrons. The average Bonchev–Trinajstić information content (AvgIpc) is 2.99. The maximum Gasteiger partial charge on any atom is 0.224 e. The van der Waals surface area contributed by atoms with Crippen molar-refractivity contribution in [3.8, 4) is 0 Å². The van der Waals surface area contributed by atoms with Crippen LogP contribution < -0.4 is 11.1 Å². The number of nitrogens with two attached hydrogens (primary N) is 1. The van der Waals surface area contributed by atoms with Gasteiger partial charge in [0.1, 0.15) is 5.82 Å². The Morgan fingerprint density at radius 1 is 1.32 bits per heavy atom. The van der Waals surface area contributed by atoms with Gasteiger partial charge in [-0.05, 0) is 5.56 Å². The molecule has 0 aliphatic rings. The molecule has 5 nitrogen and oxygen atoms in total. The van der Waals surface area contributed by atoms with E-state index < -0.39 is 0 Å². The number of carbonyl (C=O) groups is 1. The molecule has 2 rings (SSSR count). The van der Waals surface area contributed by atoms with Crippen molar-refractivity contribution in [3.05, 3.63) is 54.1 Å². The second-order valence-corrected chi connectivity index (χ2v) is 4.80. The van der Waals surface area contributed by atoms with Crippen LogP contribution in [0.2, 0.25) is 0 Å². The van der Waals surface area contributed by atoms with Gasteiger partial charge in [0.25, 0.3) is 0 Å². The van der Waals surface area contributed by atoms with Crippen molar-refractivity contribution < 1.29 is 4.79 Å². The summed E-state index contributed by atoms with van der Waals surface area (Å²) in [5, 5.41) is 2.89. The number of aromatic amines is 1. The van der Waals surface area contributed by atoms with E-state index in [1.807, 2.05) is 37.3 Å². The van der Waals surface area contributed by atoms with Crippen molar-refractivity contribution in [2.24, 2.45) is 11.7 Å². The molecule has 22 heavy (non-hydrogen) atoms. The topological polar surface area (TPSA) is 83.8 Å². The van der Waals surface area contributed by atoms with Gasteiger partial charge in [0.2, 0.25) is 5.91 Å². The minimum atomic E-state index is -0.292. The van der Waals surface area contributed by atoms with Crippen molar-refractivity contribution in [1.82, 2.24) is 15.3 Å². The first-order valence-electron chi connectivity index (χ1n) is 6.75. The Morgan fingerprint density at radius 3 is 2.59 bits per heavy atom. The van der Waals surface area contributed by atoms with E-state index in [0.717, 1.165) is 11.4 Å². The summed E-state index contributed by atoms with van der Waals surface area (Å²) in [4.78, 5) is 19.2. The number of rotatable bonds is 6. The SMILES string of the molecule is CC(C(=O)NCCc1ncc[nH]1)C(N)c1ccccc1.Cl.Cl. The van der Waals surface area contributed by atoms with Crippen molar-refractivity contribution in [2.75, 3.05) is 6.54 Å². The van der Waals surface area contributed by atoms with Crippen LogP contribution in [0.15, 0.2) is 42.7 Å². The summed E-state index contributed by atoms with van der Waals surface area (Å²) < 4.78 is 0. The fraction of sp³-hybridized carbons (Fsp3) is 0.333. The number of carbonyl (C=O) groups excluding carboxylic acids is 1. The average molecular weight is 345 g/mol. The maximum atomic E-state index is 12.1. The third-order valence-corrected chi connectivity index (χ3v) is 3.35. The van der Waals surface area contributed by atoms with E-state index in [1.54, 1.807) is 12.4 Å². The molecule has 0 bridgehead atoms. The van der Waals surface area contributed by atoms with Crippen LogP contribution in [0.5, 0.6) is 0 Å². The monoisotopic (exact) mass is 344 g/mol. The van der Waals surface area contributed by atoms with E-state index in [-0.39, 0.29) is 42.7 Å². The molecule has 0 radical (unpaired) electrons. The smallest absolute Gasteiger partial charge is 0.224 e. The molecule has 2 unspecified atom stereocenters. The van der Waals surface area contributed by atoms with E-state index >= 15 is 0 Å². The van der Waals surface area contributed by atoms with Crippen LogP contribution in [0.25, 0.3) is 0 Å². The van der Waals surface area contributed by atoms with E-state index in [1.165, 1.54) is 0 Å². The summed E-state index contributed by atoms with van der Waals surface area (Å²) in [6.07, 6.45) is 4.15. The predicted molar refractivity (Wildman–Crippen MR) is 92.3 cm³/mol. The van der Waals surface area contributed by atoms with Crippen LogP contribution in [0.1, 0.15) is 24.4 Å². The molecular formula is C15H22Cl2N4O. The van der Waals surface area contributed by atoms with Gasteiger partial charge in [-0.25, -0.2) is 4.98 Å². The number of nitrogens with zero attached hydrogens (tertiary/aromatic N) is 1. The third kappa shape index (κ3) is 5.67. The van der Waals surface area contributed by atoms with Gasteiger partial charge < -0.3 is 16.0 Å². The lowest BCUT2D eigenvalue weighted by Crippen LogP contribution is -2.36. The molecule has 2 atom stereocenters. The largest absolute Gasteiger partial charge is 0.355 e. The van der Waals surface area contributed by atoms with Gasteiger partial charge in [0, 0.05) is 31.4 Å². The lowest BCUT2D eigenvalue weighted by atomic mass is 9.95. The molecule has 1 amide bonds. The van der Waals surface area contributed by atoms with Gasteiger partial charge in [-0.15, -0.1) is 24.8 Å². The highest BCUT2D eigenvalue weighted by atomic mass is 35.5. The van der Waals surface area contributed by atoms with Crippen LogP contribution in [0.3, 0.4) is 0 Å². The first-order chi connectivity index (χ1) is 9.68. The summed E-state index contributed by atoms with van der Waals surface area (Å²) in [6.45, 7) is 2.40. The third-order valence-electron chi connectivity index (χ3n) is 3.35. The zero-order chi connectivity index (χ0) is 14.4. The number of nitrogens with one attached hydrogen (secondary N) is 2. The van der Waals surface area contributed by atoms with Crippen LogP contribution in [-0.4, -0.2) is 22.4 Å². The minimum Gasteiger partial charge on any atom is -0.355 e. The minimum absolute atomic E-state index is 0. The highest BCUT2D eigenvalue weighted by Crippen LogP contribution is 2.18. The van der Waals surface area contributed by atoms with Crippen molar-refractivity contribution in [3.63, 3.8) is 0 Å². The van der Waals surface area contributed by atoms with Crippen LogP contribution in [-0.2, 0) is 11.2 Å². The van der Waals surface area contributed by atoms with Gasteiger partial charge in [-0.3, -0.25) is 4.79 Å². The quantitative estimate of drug-likeness (QED) is 0.751. The lowest BCUT2D eigenvalue weighted by Gasteiger charge is -2.19. The van der Waals surface area contributed by atoms with Crippen LogP contribution in [0.4, 0.5) is 0 Å². The number of imidazole rings is 1. The molecule has 1 aromatic heterocycles. The number of H-pyrrole nitrogens is 1. The van der Waals surface area contributed by atoms with E-state index in [9.17, 15) is 4.79 Å². The highest BCUT2D eigenvalue weighted by Gasteiger charge is 2.21. The molecule has 0 fully saturated rings. The molecule has 7 heteroatoms. The van der Waals surface area contributed by atoms with Crippen molar-refractivity contribution in [1.29, 1.82) is 0 Å². The summed E-state index contributed by atoms with van der Waals surface area (Å²) in [5.74, 6) is 0.562. The zero-order valence-electron chi connectivity index (χ0n) is 12.4. The molecule has 1 heterocycles. The first kappa shape index (κ1) is 20.4. The van der Waals surface area contributed by atoms with Gasteiger partial charge in [-0.2, -0.15) is 0 Å². The fourth-order valence-corrected chi connectivity index (χ4v) is 2.03. The predicted octanol–water partition coefficient (Wildman–Crippen LogP) is 2.25. The summed E-state index contributed by atoms with van der Waals surface area (Å²) in [7, 11) is 0. The van der Waals surface area contributed by atoms with Gasteiger partial charge >= 0.3 is 0 Å². The maximum absolute atomic E-state index is 12.1. The van der Waals surface area contributed by atoms with Gasteiger partial charge in [0.05, 0.1) is 5.92 Å². The molecule has 0 aliphatic heterocycles. The standard InChI is InChI=1S/C15H20N4O.2ClH/c1-11(14(16)12-5-3-2-4-6-12)15(20)19-8-7-13-17-9-10-18-13;;/h2-6,9-11,14H,7-8,16H2,1H3,(H,17,18)(H,19,20);2*1H. The summed E-state index contributed by atoms with van der Waals surface area (Å²) in [6, 6.07) is 9.38. The van der Waals surface area contributed by atoms with E-state index in [2.05, 4.69) is 15.3 Å². The van der Waals surface area contributed by atoms with Gasteiger partial charge in [0.15, 0.2) is 0 Å². The number of hydrogen-bond donors (Lipinski definition) is 3. The number of aromatic nitrogens is 2. The van der Waals surface area contributed by atoms with Crippen molar-refractivity contribution >= 4 is 30.7 Å². The number of amides is 1. The fourth-order valence-electron chi connectivity index (χ4n) is 2.03. The Hall–Kier alpha value is -1.56. The molecule has 2 aromatic rings. The number of halogens is 2. The second-order valence-electron chi connectivity index (χ2n) is 4.80. The molecule has 0 saturated heterocycles. The first-order valence-corrected chi connectivity index (χ1v) is 6.75. The molecular weight excluding hydrogens is 323 g/mol. The molecule has 0 saturated carbocycles. The highest BCUT2D eigenvalue weighted by molar-refractivity contribution is 5.85. The zero-order valence-corrected chi connectivity index (χ0v) is 14.0. The second kappa shape index (κ2) is 10.2. The van der Waals surface area contributed by atoms with Crippen LogP contribution in [0, 0.1) is 5.92 Å².